The highest BCUT2D eigenvalue weighted by Gasteiger charge is 2.24. The number of ether oxygens (including phenoxy) is 1. The Labute approximate surface area is 127 Å². The summed E-state index contributed by atoms with van der Waals surface area (Å²) in [6, 6.07) is 3.80. The summed E-state index contributed by atoms with van der Waals surface area (Å²) >= 11 is 3.27. The lowest BCUT2D eigenvalue weighted by molar-refractivity contribution is 0.0652. The van der Waals surface area contributed by atoms with Gasteiger partial charge in [0.05, 0.1) is 10.6 Å². The number of hydrogen-bond acceptors (Lipinski definition) is 4. The van der Waals surface area contributed by atoms with Crippen molar-refractivity contribution in [3.05, 3.63) is 34.2 Å². The summed E-state index contributed by atoms with van der Waals surface area (Å²) in [6.45, 7) is 0. The lowest BCUT2D eigenvalue weighted by Crippen LogP contribution is -2.25. The Bertz CT molecular complexity index is 696. The van der Waals surface area contributed by atoms with E-state index in [0.717, 1.165) is 19.3 Å². The molecule has 1 fully saturated rings. The summed E-state index contributed by atoms with van der Waals surface area (Å²) in [5.41, 5.74) is 0.590. The minimum Gasteiger partial charge on any atom is -0.489 e. The third kappa shape index (κ3) is 2.78. The van der Waals surface area contributed by atoms with Crippen LogP contribution in [-0.4, -0.2) is 22.3 Å². The lowest BCUT2D eigenvalue weighted by Gasteiger charge is -2.27. The smallest absolute Gasteiger partial charge is 0.374 e. The third-order valence-electron chi connectivity index (χ3n) is 3.34. The first kappa shape index (κ1) is 14.1. The van der Waals surface area contributed by atoms with E-state index in [-0.39, 0.29) is 17.6 Å². The van der Waals surface area contributed by atoms with Gasteiger partial charge in [0.15, 0.2) is 0 Å². The van der Waals surface area contributed by atoms with Gasteiger partial charge in [-0.2, -0.15) is 0 Å². The molecule has 7 heteroatoms. The zero-order valence-electron chi connectivity index (χ0n) is 10.8. The van der Waals surface area contributed by atoms with Crippen LogP contribution in [-0.2, 0) is 0 Å². The number of halogens is 2. The molecule has 0 bridgehead atoms. The molecule has 1 N–H and O–H groups in total. The van der Waals surface area contributed by atoms with Crippen LogP contribution in [0.3, 0.4) is 0 Å². The number of aromatic nitrogens is 1. The van der Waals surface area contributed by atoms with Crippen molar-refractivity contribution in [1.82, 2.24) is 5.16 Å². The maximum absolute atomic E-state index is 13.6. The van der Waals surface area contributed by atoms with E-state index in [1.807, 2.05) is 0 Å². The molecule has 0 unspecified atom stereocenters. The van der Waals surface area contributed by atoms with Gasteiger partial charge in [-0.25, -0.2) is 9.18 Å². The largest absolute Gasteiger partial charge is 0.489 e. The Hall–Kier alpha value is -1.89. The van der Waals surface area contributed by atoms with Crippen molar-refractivity contribution in [1.29, 1.82) is 0 Å². The Morgan fingerprint density at radius 3 is 2.76 bits per heavy atom. The van der Waals surface area contributed by atoms with Crippen molar-refractivity contribution < 1.29 is 23.6 Å². The molecule has 21 heavy (non-hydrogen) atoms. The van der Waals surface area contributed by atoms with Crippen molar-refractivity contribution in [2.75, 3.05) is 0 Å². The third-order valence-corrected chi connectivity index (χ3v) is 3.93. The highest BCUT2D eigenvalue weighted by molar-refractivity contribution is 9.10. The number of carboxylic acid groups (broad SMARTS) is 1. The monoisotopic (exact) mass is 355 g/mol. The van der Waals surface area contributed by atoms with E-state index < -0.39 is 11.8 Å². The van der Waals surface area contributed by atoms with Crippen LogP contribution in [0.5, 0.6) is 5.75 Å². The summed E-state index contributed by atoms with van der Waals surface area (Å²) in [7, 11) is 0. The fourth-order valence-electron chi connectivity index (χ4n) is 2.03. The van der Waals surface area contributed by atoms with E-state index in [0.29, 0.717) is 15.8 Å². The number of benzene rings is 1. The summed E-state index contributed by atoms with van der Waals surface area (Å²) in [5.74, 6) is -1.56. The van der Waals surface area contributed by atoms with Gasteiger partial charge in [0, 0.05) is 11.6 Å². The maximum Gasteiger partial charge on any atom is 0.374 e. The minimum atomic E-state index is -1.23. The van der Waals surface area contributed by atoms with Crippen LogP contribution in [0.25, 0.3) is 11.3 Å². The van der Waals surface area contributed by atoms with Crippen LogP contribution in [0.15, 0.2) is 27.2 Å². The molecule has 5 nitrogen and oxygen atoms in total. The second-order valence-electron chi connectivity index (χ2n) is 4.82. The molecule has 0 atom stereocenters. The van der Waals surface area contributed by atoms with Gasteiger partial charge in [0.2, 0.25) is 5.76 Å². The topological polar surface area (TPSA) is 72.6 Å². The molecule has 1 saturated carbocycles. The van der Waals surface area contributed by atoms with Gasteiger partial charge in [0.25, 0.3) is 0 Å². The predicted octanol–water partition coefficient (Wildman–Crippen LogP) is 3.87. The highest BCUT2D eigenvalue weighted by atomic mass is 79.9. The average molecular weight is 356 g/mol. The summed E-state index contributed by atoms with van der Waals surface area (Å²) in [6.07, 6.45) is 3.09. The molecular formula is C14H11BrFNO4. The number of hydrogen-bond donors (Lipinski definition) is 1. The molecule has 1 aliphatic rings. The Morgan fingerprint density at radius 1 is 1.43 bits per heavy atom. The molecule has 3 rings (SSSR count). The number of nitrogens with zero attached hydrogens (tertiary/aromatic N) is 1. The molecular weight excluding hydrogens is 345 g/mol. The first-order valence-electron chi connectivity index (χ1n) is 6.40. The van der Waals surface area contributed by atoms with Gasteiger partial charge < -0.3 is 14.4 Å². The van der Waals surface area contributed by atoms with Gasteiger partial charge in [-0.15, -0.1) is 0 Å². The van der Waals surface area contributed by atoms with Crippen molar-refractivity contribution in [2.45, 2.75) is 25.4 Å². The Kier molecular flexibility index (Phi) is 3.67. The number of aromatic carboxylic acids is 1. The zero-order valence-corrected chi connectivity index (χ0v) is 12.4. The summed E-state index contributed by atoms with van der Waals surface area (Å²) < 4.78 is 24.7. The van der Waals surface area contributed by atoms with Gasteiger partial charge in [0.1, 0.15) is 17.3 Å². The first-order valence-corrected chi connectivity index (χ1v) is 7.20. The molecule has 1 aliphatic carbocycles. The Balaban J connectivity index is 2.03. The molecule has 1 heterocycles. The fourth-order valence-corrected chi connectivity index (χ4v) is 2.55. The molecule has 1 aromatic carbocycles. The molecule has 1 aromatic heterocycles. The van der Waals surface area contributed by atoms with Gasteiger partial charge in [-0.3, -0.25) is 0 Å². The quantitative estimate of drug-likeness (QED) is 0.900. The van der Waals surface area contributed by atoms with Crippen LogP contribution in [0.2, 0.25) is 0 Å². The number of rotatable bonds is 4. The van der Waals surface area contributed by atoms with Gasteiger partial charge >= 0.3 is 5.97 Å². The number of carboxylic acids is 1. The van der Waals surface area contributed by atoms with Gasteiger partial charge in [-0.1, -0.05) is 5.16 Å². The SMILES string of the molecule is O=C(O)c1cc(-c2cc(F)cc(Br)c2OC2CCC2)no1. The molecule has 110 valence electrons. The van der Waals surface area contributed by atoms with E-state index in [1.54, 1.807) is 0 Å². The van der Waals surface area contributed by atoms with E-state index >= 15 is 0 Å². The second kappa shape index (κ2) is 5.48. The van der Waals surface area contributed by atoms with E-state index in [1.165, 1.54) is 18.2 Å². The van der Waals surface area contributed by atoms with Crippen LogP contribution in [0.4, 0.5) is 4.39 Å². The van der Waals surface area contributed by atoms with Gasteiger partial charge in [-0.05, 0) is 47.3 Å². The summed E-state index contributed by atoms with van der Waals surface area (Å²) in [5, 5.41) is 12.5. The molecule has 0 saturated heterocycles. The molecule has 0 radical (unpaired) electrons. The van der Waals surface area contributed by atoms with Crippen LogP contribution in [0.1, 0.15) is 29.8 Å². The molecule has 0 aliphatic heterocycles. The maximum atomic E-state index is 13.6. The minimum absolute atomic E-state index is 0.0938. The molecule has 0 amide bonds. The zero-order chi connectivity index (χ0) is 15.0. The van der Waals surface area contributed by atoms with E-state index in [2.05, 4.69) is 21.1 Å². The van der Waals surface area contributed by atoms with Crippen LogP contribution < -0.4 is 4.74 Å². The number of carbonyl (C=O) groups is 1. The first-order chi connectivity index (χ1) is 10.0. The molecule has 0 spiro atoms. The van der Waals surface area contributed by atoms with Crippen molar-refractivity contribution in [2.24, 2.45) is 0 Å². The standard InChI is InChI=1S/C14H11BrFNO4/c15-10-5-7(16)4-9(13(10)20-8-2-1-3-8)11-6-12(14(18)19)21-17-11/h4-6,8H,1-3H2,(H,18,19). The van der Waals surface area contributed by atoms with Crippen LogP contribution in [0, 0.1) is 5.82 Å². The van der Waals surface area contributed by atoms with Crippen molar-refractivity contribution in [3.63, 3.8) is 0 Å². The van der Waals surface area contributed by atoms with E-state index in [4.69, 9.17) is 14.4 Å². The van der Waals surface area contributed by atoms with Crippen molar-refractivity contribution >= 4 is 21.9 Å². The van der Waals surface area contributed by atoms with Crippen molar-refractivity contribution in [3.8, 4) is 17.0 Å². The predicted molar refractivity (Wildman–Crippen MR) is 74.8 cm³/mol. The highest BCUT2D eigenvalue weighted by Crippen LogP contribution is 2.39. The Morgan fingerprint density at radius 2 is 2.19 bits per heavy atom. The molecule has 2 aromatic rings. The van der Waals surface area contributed by atoms with Crippen LogP contribution >= 0.6 is 15.9 Å². The summed E-state index contributed by atoms with van der Waals surface area (Å²) in [4.78, 5) is 10.8. The average Bonchev–Trinajstić information content (AvgIpc) is 2.84. The van der Waals surface area contributed by atoms with E-state index in [9.17, 15) is 9.18 Å². The lowest BCUT2D eigenvalue weighted by atomic mass is 9.96. The normalized spacial score (nSPS) is 14.8. The fraction of sp³-hybridized carbons (Fsp3) is 0.286. The second-order valence-corrected chi connectivity index (χ2v) is 5.67.